The molecule has 1 saturated heterocycles. The van der Waals surface area contributed by atoms with Crippen LogP contribution in [0.25, 0.3) is 6.08 Å². The number of nitrogens with zero attached hydrogens (tertiary/aromatic N) is 1. The van der Waals surface area contributed by atoms with Gasteiger partial charge in [0.05, 0.1) is 4.90 Å². The maximum Gasteiger partial charge on any atom is 0.244 e. The van der Waals surface area contributed by atoms with Crippen molar-refractivity contribution in [3.8, 4) is 0 Å². The van der Waals surface area contributed by atoms with Crippen LogP contribution in [-0.4, -0.2) is 31.7 Å². The molecule has 1 amide bonds. The fourth-order valence-corrected chi connectivity index (χ4v) is 4.77. The molecule has 0 radical (unpaired) electrons. The van der Waals surface area contributed by atoms with Crippen molar-refractivity contribution in [2.75, 3.05) is 13.1 Å². The second kappa shape index (κ2) is 9.80. The van der Waals surface area contributed by atoms with Crippen molar-refractivity contribution in [2.45, 2.75) is 37.1 Å². The van der Waals surface area contributed by atoms with Crippen molar-refractivity contribution in [2.24, 2.45) is 0 Å². The molecule has 1 heterocycles. The summed E-state index contributed by atoms with van der Waals surface area (Å²) in [6.45, 7) is 1.36. The Morgan fingerprint density at radius 3 is 2.38 bits per heavy atom. The van der Waals surface area contributed by atoms with Gasteiger partial charge in [-0.1, -0.05) is 37.1 Å². The van der Waals surface area contributed by atoms with Gasteiger partial charge in [0.1, 0.15) is 5.82 Å². The van der Waals surface area contributed by atoms with Crippen molar-refractivity contribution in [1.82, 2.24) is 9.62 Å². The third-order valence-electron chi connectivity index (χ3n) is 4.87. The molecule has 2 aromatic rings. The largest absolute Gasteiger partial charge is 0.348 e. The van der Waals surface area contributed by atoms with Crippen LogP contribution >= 0.6 is 0 Å². The molecule has 7 heteroatoms. The molecule has 2 aromatic carbocycles. The number of carbonyl (C=O) groups excluding carboxylic acids is 1. The fourth-order valence-electron chi connectivity index (χ4n) is 3.25. The lowest BCUT2D eigenvalue weighted by Gasteiger charge is -2.19. The van der Waals surface area contributed by atoms with Gasteiger partial charge in [-0.2, -0.15) is 4.31 Å². The summed E-state index contributed by atoms with van der Waals surface area (Å²) in [5, 5.41) is 2.69. The van der Waals surface area contributed by atoms with E-state index < -0.39 is 10.0 Å². The van der Waals surface area contributed by atoms with Gasteiger partial charge >= 0.3 is 0 Å². The third-order valence-corrected chi connectivity index (χ3v) is 6.78. The maximum absolute atomic E-state index is 13.1. The van der Waals surface area contributed by atoms with Crippen LogP contribution in [0.15, 0.2) is 59.5 Å². The van der Waals surface area contributed by atoms with E-state index in [0.717, 1.165) is 31.2 Å². The minimum absolute atomic E-state index is 0.230. The van der Waals surface area contributed by atoms with Gasteiger partial charge in [-0.3, -0.25) is 4.79 Å². The Balaban J connectivity index is 1.58. The van der Waals surface area contributed by atoms with Gasteiger partial charge in [0, 0.05) is 25.7 Å². The lowest BCUT2D eigenvalue weighted by Crippen LogP contribution is -2.31. The van der Waals surface area contributed by atoms with Crippen molar-refractivity contribution in [3.63, 3.8) is 0 Å². The van der Waals surface area contributed by atoms with E-state index in [-0.39, 0.29) is 23.2 Å². The molecule has 29 heavy (non-hydrogen) atoms. The molecule has 3 rings (SSSR count). The van der Waals surface area contributed by atoms with Crippen molar-refractivity contribution in [3.05, 3.63) is 71.6 Å². The van der Waals surface area contributed by atoms with E-state index in [0.29, 0.717) is 18.7 Å². The summed E-state index contributed by atoms with van der Waals surface area (Å²) < 4.78 is 40.3. The second-order valence-corrected chi connectivity index (χ2v) is 9.01. The zero-order valence-corrected chi connectivity index (χ0v) is 17.0. The third kappa shape index (κ3) is 5.98. The number of carbonyl (C=O) groups is 1. The maximum atomic E-state index is 13.1. The van der Waals surface area contributed by atoms with Crippen molar-refractivity contribution in [1.29, 1.82) is 0 Å². The van der Waals surface area contributed by atoms with Crippen LogP contribution < -0.4 is 5.32 Å². The lowest BCUT2D eigenvalue weighted by molar-refractivity contribution is -0.116. The highest BCUT2D eigenvalue weighted by Gasteiger charge is 2.24. The van der Waals surface area contributed by atoms with Crippen LogP contribution in [0, 0.1) is 5.82 Å². The summed E-state index contributed by atoms with van der Waals surface area (Å²) in [6, 6.07) is 12.6. The highest BCUT2D eigenvalue weighted by molar-refractivity contribution is 7.89. The van der Waals surface area contributed by atoms with Crippen LogP contribution in [0.1, 0.15) is 36.8 Å². The number of rotatable bonds is 6. The molecule has 0 aliphatic carbocycles. The molecule has 1 aliphatic rings. The van der Waals surface area contributed by atoms with Gasteiger partial charge in [-0.25, -0.2) is 12.8 Å². The van der Waals surface area contributed by atoms with Crippen molar-refractivity contribution >= 4 is 22.0 Å². The Bertz CT molecular complexity index is 964. The van der Waals surface area contributed by atoms with Crippen LogP contribution in [0.2, 0.25) is 0 Å². The van der Waals surface area contributed by atoms with Crippen LogP contribution in [-0.2, 0) is 21.4 Å². The number of sulfonamides is 1. The summed E-state index contributed by atoms with van der Waals surface area (Å²) >= 11 is 0. The van der Waals surface area contributed by atoms with Gasteiger partial charge in [-0.05, 0) is 54.3 Å². The first-order valence-electron chi connectivity index (χ1n) is 9.76. The smallest absolute Gasteiger partial charge is 0.244 e. The molecule has 1 N–H and O–H groups in total. The average molecular weight is 417 g/mol. The Kier molecular flexibility index (Phi) is 7.17. The first kappa shape index (κ1) is 21.2. The first-order chi connectivity index (χ1) is 13.9. The number of benzene rings is 2. The van der Waals surface area contributed by atoms with E-state index in [2.05, 4.69) is 5.32 Å². The Hall–Kier alpha value is -2.51. The average Bonchev–Trinajstić information content (AvgIpc) is 3.01. The van der Waals surface area contributed by atoms with Gasteiger partial charge in [0.2, 0.25) is 15.9 Å². The lowest BCUT2D eigenvalue weighted by atomic mass is 10.2. The van der Waals surface area contributed by atoms with E-state index in [1.54, 1.807) is 46.8 Å². The standard InChI is InChI=1S/C22H25FN2O3S/c23-20-7-5-6-19(16-20)17-24-22(26)13-10-18-8-11-21(12-9-18)29(27,28)25-14-3-1-2-4-15-25/h5-13,16H,1-4,14-15,17H2,(H,24,26)/b13-10+. The molecule has 1 fully saturated rings. The zero-order valence-electron chi connectivity index (χ0n) is 16.2. The van der Waals surface area contributed by atoms with E-state index in [1.807, 2.05) is 0 Å². The van der Waals surface area contributed by atoms with Gasteiger partial charge < -0.3 is 5.32 Å². The normalized spacial score (nSPS) is 15.9. The molecule has 0 spiro atoms. The molecule has 0 aromatic heterocycles. The molecule has 0 bridgehead atoms. The van der Waals surface area contributed by atoms with E-state index in [9.17, 15) is 17.6 Å². The highest BCUT2D eigenvalue weighted by Crippen LogP contribution is 2.21. The Morgan fingerprint density at radius 2 is 1.72 bits per heavy atom. The van der Waals surface area contributed by atoms with Gasteiger partial charge in [-0.15, -0.1) is 0 Å². The highest BCUT2D eigenvalue weighted by atomic mass is 32.2. The topological polar surface area (TPSA) is 66.5 Å². The summed E-state index contributed by atoms with van der Waals surface area (Å²) in [4.78, 5) is 12.2. The molecule has 0 saturated carbocycles. The minimum atomic E-state index is -3.48. The molecule has 1 aliphatic heterocycles. The summed E-state index contributed by atoms with van der Waals surface area (Å²) in [7, 11) is -3.48. The van der Waals surface area contributed by atoms with Crippen LogP contribution in [0.3, 0.4) is 0 Å². The van der Waals surface area contributed by atoms with Crippen molar-refractivity contribution < 1.29 is 17.6 Å². The quantitative estimate of drug-likeness (QED) is 0.730. The summed E-state index contributed by atoms with van der Waals surface area (Å²) in [5.41, 5.74) is 1.40. The van der Waals surface area contributed by atoms with Crippen LogP contribution in [0.5, 0.6) is 0 Å². The second-order valence-electron chi connectivity index (χ2n) is 7.07. The number of halogens is 1. The van der Waals surface area contributed by atoms with E-state index >= 15 is 0 Å². The van der Waals surface area contributed by atoms with Crippen LogP contribution in [0.4, 0.5) is 4.39 Å². The predicted octanol–water partition coefficient (Wildman–Crippen LogP) is 3.72. The monoisotopic (exact) mass is 416 g/mol. The molecule has 154 valence electrons. The van der Waals surface area contributed by atoms with E-state index in [1.165, 1.54) is 18.2 Å². The molecule has 0 unspecified atom stereocenters. The molecular formula is C22H25FN2O3S. The molecule has 0 atom stereocenters. The van der Waals surface area contributed by atoms with Gasteiger partial charge in [0.15, 0.2) is 0 Å². The zero-order chi connectivity index (χ0) is 20.7. The number of amides is 1. The molecular weight excluding hydrogens is 391 g/mol. The SMILES string of the molecule is O=C(/C=C/c1ccc(S(=O)(=O)N2CCCCCC2)cc1)NCc1cccc(F)c1. The summed E-state index contributed by atoms with van der Waals surface area (Å²) in [5.74, 6) is -0.655. The Morgan fingerprint density at radius 1 is 1.03 bits per heavy atom. The summed E-state index contributed by atoms with van der Waals surface area (Å²) in [6.07, 6.45) is 6.91. The van der Waals surface area contributed by atoms with Gasteiger partial charge in [0.25, 0.3) is 0 Å². The minimum Gasteiger partial charge on any atom is -0.348 e. The number of hydrogen-bond acceptors (Lipinski definition) is 3. The molecule has 5 nitrogen and oxygen atoms in total. The number of nitrogens with one attached hydrogen (secondary N) is 1. The predicted molar refractivity (Wildman–Crippen MR) is 111 cm³/mol. The fraction of sp³-hybridized carbons (Fsp3) is 0.318. The Labute approximate surface area is 171 Å². The number of hydrogen-bond donors (Lipinski definition) is 1. The van der Waals surface area contributed by atoms with E-state index in [4.69, 9.17) is 0 Å². The first-order valence-corrected chi connectivity index (χ1v) is 11.2.